The van der Waals surface area contributed by atoms with Crippen molar-refractivity contribution >= 4 is 12.1 Å². The molecule has 0 aromatic heterocycles. The van der Waals surface area contributed by atoms with E-state index in [-0.39, 0.29) is 6.67 Å². The van der Waals surface area contributed by atoms with Gasteiger partial charge in [0.2, 0.25) is 0 Å². The molecule has 0 aromatic carbocycles. The number of urea groups is 2. The molecule has 5 heteroatoms. The second-order valence-electron chi connectivity index (χ2n) is 1.73. The van der Waals surface area contributed by atoms with E-state index in [1.807, 2.05) is 5.32 Å². The highest BCUT2D eigenvalue weighted by Crippen LogP contribution is 1.87. The lowest BCUT2D eigenvalue weighted by atomic mass is 10.6. The Hall–Kier alpha value is -1.26. The van der Waals surface area contributed by atoms with Gasteiger partial charge in [-0.15, -0.1) is 0 Å². The lowest BCUT2D eigenvalue weighted by Gasteiger charge is -2.20. The maximum Gasteiger partial charge on any atom is 0.346 e. The normalized spacial score (nSPS) is 19.0. The summed E-state index contributed by atoms with van der Waals surface area (Å²) in [4.78, 5) is 22.1. The molecular formula is C4H6N3O2. The van der Waals surface area contributed by atoms with Crippen LogP contribution in [0.15, 0.2) is 0 Å². The Labute approximate surface area is 52.0 Å². The fourth-order valence-electron chi connectivity index (χ4n) is 0.461. The van der Waals surface area contributed by atoms with Gasteiger partial charge in [0, 0.05) is 7.05 Å². The maximum atomic E-state index is 10.5. The topological polar surface area (TPSA) is 63.5 Å². The molecule has 0 saturated carbocycles. The number of imide groups is 1. The third-order valence-electron chi connectivity index (χ3n) is 0.987. The first-order valence-electron chi connectivity index (χ1n) is 2.44. The van der Waals surface area contributed by atoms with Gasteiger partial charge in [-0.2, -0.15) is 0 Å². The minimum atomic E-state index is -0.557. The van der Waals surface area contributed by atoms with Gasteiger partial charge in [-0.1, -0.05) is 0 Å². The molecule has 1 radical (unpaired) electrons. The quantitative estimate of drug-likeness (QED) is 0.470. The Balaban J connectivity index is 2.54. The molecular weight excluding hydrogens is 122 g/mol. The van der Waals surface area contributed by atoms with Crippen molar-refractivity contribution in [2.75, 3.05) is 13.7 Å². The van der Waals surface area contributed by atoms with Crippen molar-refractivity contribution in [2.45, 2.75) is 0 Å². The highest BCUT2D eigenvalue weighted by Gasteiger charge is 2.19. The first-order chi connectivity index (χ1) is 4.20. The summed E-state index contributed by atoms with van der Waals surface area (Å²) in [7, 11) is 1.56. The fraction of sp³-hybridized carbons (Fsp3) is 0.500. The molecule has 5 nitrogen and oxygen atoms in total. The number of hydrogen-bond acceptors (Lipinski definition) is 2. The summed E-state index contributed by atoms with van der Waals surface area (Å²) in [5.41, 5.74) is 0. The van der Waals surface area contributed by atoms with E-state index in [0.29, 0.717) is 0 Å². The first kappa shape index (κ1) is 5.87. The molecule has 1 heterocycles. The number of nitrogens with zero attached hydrogens (tertiary/aromatic N) is 2. The summed E-state index contributed by atoms with van der Waals surface area (Å²) < 4.78 is 0. The van der Waals surface area contributed by atoms with Crippen molar-refractivity contribution in [2.24, 2.45) is 0 Å². The van der Waals surface area contributed by atoms with E-state index in [4.69, 9.17) is 0 Å². The van der Waals surface area contributed by atoms with Crippen LogP contribution in [-0.2, 0) is 0 Å². The Morgan fingerprint density at radius 1 is 1.67 bits per heavy atom. The molecule has 1 aliphatic heterocycles. The molecule has 1 saturated heterocycles. The summed E-state index contributed by atoms with van der Waals surface area (Å²) in [5.74, 6) is 0. The van der Waals surface area contributed by atoms with E-state index in [9.17, 15) is 9.59 Å². The van der Waals surface area contributed by atoms with Crippen molar-refractivity contribution in [3.63, 3.8) is 0 Å². The molecule has 9 heavy (non-hydrogen) atoms. The Morgan fingerprint density at radius 2 is 2.33 bits per heavy atom. The Bertz CT molecular complexity index is 156. The summed E-state index contributed by atoms with van der Waals surface area (Å²) >= 11 is 0. The third kappa shape index (κ3) is 1.10. The minimum absolute atomic E-state index is 0.157. The molecule has 0 bridgehead atoms. The molecule has 1 rings (SSSR count). The highest BCUT2D eigenvalue weighted by atomic mass is 16.2. The van der Waals surface area contributed by atoms with Gasteiger partial charge in [-0.3, -0.25) is 5.32 Å². The number of nitrogens with one attached hydrogen (secondary N) is 1. The van der Waals surface area contributed by atoms with Gasteiger partial charge in [0.1, 0.15) is 6.67 Å². The molecule has 1 aliphatic rings. The number of amides is 4. The minimum Gasteiger partial charge on any atom is -0.308 e. The van der Waals surface area contributed by atoms with Crippen LogP contribution in [0.5, 0.6) is 0 Å². The Morgan fingerprint density at radius 3 is 2.78 bits per heavy atom. The van der Waals surface area contributed by atoms with Crippen molar-refractivity contribution in [3.05, 3.63) is 0 Å². The standard InChI is InChI=1S/C4H6N3O2/c1-7-2-5-3(8)6-4(7)9/h2H2,1H3,(H,6,8,9). The number of hydrogen-bond donors (Lipinski definition) is 1. The molecule has 4 amide bonds. The van der Waals surface area contributed by atoms with Gasteiger partial charge in [0.15, 0.2) is 0 Å². The van der Waals surface area contributed by atoms with Gasteiger partial charge in [0.25, 0.3) is 0 Å². The van der Waals surface area contributed by atoms with Gasteiger partial charge < -0.3 is 4.90 Å². The molecule has 1 N–H and O–H groups in total. The maximum absolute atomic E-state index is 10.5. The summed E-state index contributed by atoms with van der Waals surface area (Å²) in [6, 6.07) is -0.951. The second-order valence-corrected chi connectivity index (χ2v) is 1.73. The summed E-state index contributed by atoms with van der Waals surface area (Å²) in [6.07, 6.45) is 0. The van der Waals surface area contributed by atoms with Crippen molar-refractivity contribution in [1.29, 1.82) is 0 Å². The average Bonchev–Trinajstić information content (AvgIpc) is 1.80. The van der Waals surface area contributed by atoms with Gasteiger partial charge in [-0.25, -0.2) is 14.9 Å². The van der Waals surface area contributed by atoms with Crippen LogP contribution in [0.4, 0.5) is 9.59 Å². The lowest BCUT2D eigenvalue weighted by Crippen LogP contribution is -2.52. The predicted molar refractivity (Wildman–Crippen MR) is 28.7 cm³/mol. The largest absolute Gasteiger partial charge is 0.346 e. The predicted octanol–water partition coefficient (Wildman–Crippen LogP) is -0.677. The zero-order chi connectivity index (χ0) is 6.85. The number of carbonyl (C=O) groups excluding carboxylic acids is 2. The zero-order valence-corrected chi connectivity index (χ0v) is 4.92. The van der Waals surface area contributed by atoms with Crippen LogP contribution in [0.2, 0.25) is 0 Å². The SMILES string of the molecule is CN1C[N]C(=O)NC1=O. The van der Waals surface area contributed by atoms with Crippen LogP contribution in [0.25, 0.3) is 0 Å². The number of carbonyl (C=O) groups is 2. The van der Waals surface area contributed by atoms with E-state index in [1.165, 1.54) is 4.90 Å². The molecule has 0 aliphatic carbocycles. The fourth-order valence-corrected chi connectivity index (χ4v) is 0.461. The van der Waals surface area contributed by atoms with Gasteiger partial charge in [-0.05, 0) is 0 Å². The van der Waals surface area contributed by atoms with Crippen LogP contribution in [0, 0.1) is 0 Å². The van der Waals surface area contributed by atoms with E-state index in [1.54, 1.807) is 7.05 Å². The second kappa shape index (κ2) is 1.93. The first-order valence-corrected chi connectivity index (χ1v) is 2.44. The van der Waals surface area contributed by atoms with E-state index >= 15 is 0 Å². The molecule has 49 valence electrons. The van der Waals surface area contributed by atoms with E-state index in [2.05, 4.69) is 5.32 Å². The zero-order valence-electron chi connectivity index (χ0n) is 4.92. The van der Waals surface area contributed by atoms with Gasteiger partial charge >= 0.3 is 12.1 Å². The van der Waals surface area contributed by atoms with Crippen LogP contribution in [-0.4, -0.2) is 30.7 Å². The number of rotatable bonds is 0. The molecule has 1 fully saturated rings. The highest BCUT2D eigenvalue weighted by molar-refractivity contribution is 5.95. The molecule has 0 unspecified atom stereocenters. The molecule has 0 atom stereocenters. The van der Waals surface area contributed by atoms with Gasteiger partial charge in [0.05, 0.1) is 0 Å². The van der Waals surface area contributed by atoms with Crippen molar-refractivity contribution in [1.82, 2.24) is 15.5 Å². The van der Waals surface area contributed by atoms with Crippen molar-refractivity contribution in [3.8, 4) is 0 Å². The lowest BCUT2D eigenvalue weighted by molar-refractivity contribution is 0.186. The van der Waals surface area contributed by atoms with Crippen molar-refractivity contribution < 1.29 is 9.59 Å². The van der Waals surface area contributed by atoms with Crippen LogP contribution < -0.4 is 10.6 Å². The molecule has 0 aromatic rings. The van der Waals surface area contributed by atoms with E-state index in [0.717, 1.165) is 0 Å². The monoisotopic (exact) mass is 128 g/mol. The van der Waals surface area contributed by atoms with Crippen LogP contribution in [0.1, 0.15) is 0 Å². The molecule has 0 spiro atoms. The summed E-state index contributed by atoms with van der Waals surface area (Å²) in [6.45, 7) is 0.157. The summed E-state index contributed by atoms with van der Waals surface area (Å²) in [5, 5.41) is 5.43. The van der Waals surface area contributed by atoms with E-state index < -0.39 is 12.1 Å². The van der Waals surface area contributed by atoms with Crippen LogP contribution >= 0.6 is 0 Å². The Kier molecular flexibility index (Phi) is 1.26. The average molecular weight is 128 g/mol. The third-order valence-corrected chi connectivity index (χ3v) is 0.987. The smallest absolute Gasteiger partial charge is 0.308 e. The van der Waals surface area contributed by atoms with Crippen LogP contribution in [0.3, 0.4) is 0 Å².